The molecule has 0 nitrogen and oxygen atoms in total. The molecule has 0 N–H and O–H groups in total. The second-order valence-electron chi connectivity index (χ2n) is 7.47. The average Bonchev–Trinajstić information content (AvgIpc) is 2.65. The predicted octanol–water partition coefficient (Wildman–Crippen LogP) is 6.36. The van der Waals surface area contributed by atoms with Crippen molar-refractivity contribution in [2.45, 2.75) is 39.5 Å². The van der Waals surface area contributed by atoms with Crippen LogP contribution in [0, 0.1) is 21.0 Å². The summed E-state index contributed by atoms with van der Waals surface area (Å²) >= 11 is -1.39. The van der Waals surface area contributed by atoms with Gasteiger partial charge in [0.15, 0.2) is 0 Å². The minimum atomic E-state index is -1.39. The van der Waals surface area contributed by atoms with E-state index in [0.717, 1.165) is 25.7 Å². The first kappa shape index (κ1) is 17.8. The van der Waals surface area contributed by atoms with Crippen molar-refractivity contribution in [1.82, 2.24) is 0 Å². The third-order valence-electron chi connectivity index (χ3n) is 5.46. The van der Waals surface area contributed by atoms with Crippen LogP contribution in [0.2, 0.25) is 0 Å². The van der Waals surface area contributed by atoms with E-state index in [1.165, 1.54) is 27.8 Å². The monoisotopic (exact) mass is 454 g/mol. The quantitative estimate of drug-likeness (QED) is 0.312. The minimum absolute atomic E-state index is 1.14. The van der Waals surface area contributed by atoms with Gasteiger partial charge in [0.2, 0.25) is 0 Å². The van der Waals surface area contributed by atoms with Crippen molar-refractivity contribution in [1.29, 1.82) is 0 Å². The van der Waals surface area contributed by atoms with Crippen molar-refractivity contribution in [3.8, 4) is 0 Å². The van der Waals surface area contributed by atoms with Gasteiger partial charge in [0.05, 0.1) is 0 Å². The summed E-state index contributed by atoms with van der Waals surface area (Å²) in [5, 5.41) is 0. The van der Waals surface area contributed by atoms with E-state index >= 15 is 0 Å². The average molecular weight is 454 g/mol. The number of halogens is 1. The van der Waals surface area contributed by atoms with E-state index in [2.05, 4.69) is 79.4 Å². The molecule has 0 spiro atoms. The van der Waals surface area contributed by atoms with Crippen LogP contribution in [0.1, 0.15) is 33.4 Å². The van der Waals surface area contributed by atoms with E-state index < -0.39 is 19.8 Å². The molecule has 3 aromatic rings. The summed E-state index contributed by atoms with van der Waals surface area (Å²) in [6.07, 6.45) is 4.58. The molecule has 0 aliphatic heterocycles. The van der Waals surface area contributed by atoms with Gasteiger partial charge in [-0.2, -0.15) is 0 Å². The Balaban J connectivity index is 1.76. The topological polar surface area (TPSA) is 0 Å². The summed E-state index contributed by atoms with van der Waals surface area (Å²) in [6.45, 7) is 4.51. The van der Waals surface area contributed by atoms with Gasteiger partial charge < -0.3 is 0 Å². The Kier molecular flexibility index (Phi) is 5.17. The molecular weight excluding hydrogens is 427 g/mol. The van der Waals surface area contributed by atoms with Crippen molar-refractivity contribution in [2.75, 3.05) is 4.93 Å². The van der Waals surface area contributed by atoms with E-state index in [4.69, 9.17) is 0 Å². The van der Waals surface area contributed by atoms with E-state index in [-0.39, 0.29) is 0 Å². The van der Waals surface area contributed by atoms with Gasteiger partial charge in [0, 0.05) is 0 Å². The number of benzene rings is 3. The number of rotatable bonds is 2. The Morgan fingerprint density at radius 3 is 1.96 bits per heavy atom. The van der Waals surface area contributed by atoms with E-state index in [1.807, 2.05) is 0 Å². The second-order valence-corrected chi connectivity index (χ2v) is 12.5. The number of hydrogen-bond acceptors (Lipinski definition) is 0. The molecule has 0 unspecified atom stereocenters. The van der Waals surface area contributed by atoms with Crippen LogP contribution in [0.4, 0.5) is 0 Å². The second kappa shape index (κ2) is 7.56. The van der Waals surface area contributed by atoms with Gasteiger partial charge in [0.25, 0.3) is 0 Å². The number of aryl methyl sites for hydroxylation is 6. The fourth-order valence-electron chi connectivity index (χ4n) is 3.77. The zero-order valence-electron chi connectivity index (χ0n) is 16.0. The van der Waals surface area contributed by atoms with Crippen molar-refractivity contribution in [3.63, 3.8) is 0 Å². The fourth-order valence-corrected chi connectivity index (χ4v) is 9.16. The van der Waals surface area contributed by atoms with Crippen LogP contribution in [0.5, 0.6) is 0 Å². The van der Waals surface area contributed by atoms with Crippen LogP contribution in [-0.4, -0.2) is 4.93 Å². The molecule has 0 heterocycles. The van der Waals surface area contributed by atoms with Gasteiger partial charge in [0.1, 0.15) is 0 Å². The van der Waals surface area contributed by atoms with E-state index in [1.54, 1.807) is 12.7 Å². The Labute approximate surface area is 165 Å². The van der Waals surface area contributed by atoms with Gasteiger partial charge in [-0.1, -0.05) is 0 Å². The van der Waals surface area contributed by atoms with Crippen molar-refractivity contribution in [3.05, 3.63) is 101 Å². The van der Waals surface area contributed by atoms with Crippen LogP contribution in [0.25, 0.3) is 0 Å². The normalized spacial score (nSPS) is 14.0. The molecule has 0 saturated heterocycles. The molecule has 0 fully saturated rings. The van der Waals surface area contributed by atoms with Crippen LogP contribution in [0.15, 0.2) is 60.7 Å². The van der Waals surface area contributed by atoms with Crippen molar-refractivity contribution < 1.29 is 0 Å². The summed E-state index contributed by atoms with van der Waals surface area (Å²) in [6, 6.07) is 23.6. The number of alkyl halides is 1. The molecule has 4 bridgehead atoms. The first-order valence-corrected chi connectivity index (χ1v) is 13.8. The molecule has 0 saturated carbocycles. The zero-order chi connectivity index (χ0) is 18.1. The molecule has 4 aliphatic carbocycles. The zero-order valence-corrected chi connectivity index (χ0v) is 18.1. The van der Waals surface area contributed by atoms with Gasteiger partial charge in [-0.05, 0) is 0 Å². The van der Waals surface area contributed by atoms with E-state index in [9.17, 15) is 0 Å². The molecule has 1 heteroatoms. The molecule has 134 valence electrons. The van der Waals surface area contributed by atoms with Gasteiger partial charge in [-0.25, -0.2) is 0 Å². The Hall–Kier alpha value is -1.61. The molecule has 0 atom stereocenters. The van der Waals surface area contributed by atoms with Crippen LogP contribution >= 0.6 is 19.8 Å². The van der Waals surface area contributed by atoms with Crippen LogP contribution in [-0.2, 0) is 25.7 Å². The van der Waals surface area contributed by atoms with E-state index in [0.29, 0.717) is 0 Å². The molecule has 3 aromatic carbocycles. The molecular formula is C25H27I. The summed E-state index contributed by atoms with van der Waals surface area (Å²) in [5.41, 5.74) is 8.86. The summed E-state index contributed by atoms with van der Waals surface area (Å²) in [5.74, 6) is 0. The van der Waals surface area contributed by atoms with Gasteiger partial charge in [-0.3, -0.25) is 0 Å². The van der Waals surface area contributed by atoms with Crippen LogP contribution in [0.3, 0.4) is 0 Å². The van der Waals surface area contributed by atoms with Gasteiger partial charge in [-0.15, -0.1) is 0 Å². The molecule has 4 aliphatic rings. The molecule has 0 radical (unpaired) electrons. The van der Waals surface area contributed by atoms with Crippen molar-refractivity contribution in [2.24, 2.45) is 0 Å². The Morgan fingerprint density at radius 1 is 0.615 bits per heavy atom. The summed E-state index contributed by atoms with van der Waals surface area (Å²) < 4.78 is 3.30. The maximum absolute atomic E-state index is 2.55. The third-order valence-corrected chi connectivity index (χ3v) is 11.1. The Morgan fingerprint density at radius 2 is 1.23 bits per heavy atom. The first-order chi connectivity index (χ1) is 12.6. The fraction of sp³-hybridized carbons (Fsp3) is 0.280. The standard InChI is InChI=1S/C25H27I/c1-18-4-5-19(2)24(16-18)26(3)25-17-22-11-10-20-6-8-21(9-7-20)12-14-23(25)15-13-22/h4-9,13,15-17H,10-12,14H2,1-3H3. The van der Waals surface area contributed by atoms with Crippen LogP contribution < -0.4 is 0 Å². The molecule has 7 rings (SSSR count). The van der Waals surface area contributed by atoms with Gasteiger partial charge >= 0.3 is 165 Å². The predicted molar refractivity (Wildman–Crippen MR) is 121 cm³/mol. The third kappa shape index (κ3) is 3.73. The molecule has 26 heavy (non-hydrogen) atoms. The summed E-state index contributed by atoms with van der Waals surface area (Å²) in [4.78, 5) is 2.54. The maximum atomic E-state index is 2.55. The SMILES string of the molecule is Cc1ccc(C)c(I(C)c2cc3ccc2CCc2ccc(cc2)CC3)c1. The Bertz CT molecular complexity index is 921. The summed E-state index contributed by atoms with van der Waals surface area (Å²) in [7, 11) is 0. The number of hydrogen-bond donors (Lipinski definition) is 0. The molecule has 0 aromatic heterocycles. The first-order valence-electron chi connectivity index (χ1n) is 9.47. The van der Waals surface area contributed by atoms with Crippen molar-refractivity contribution >= 4 is 19.8 Å². The molecule has 0 amide bonds.